The summed E-state index contributed by atoms with van der Waals surface area (Å²) < 4.78 is 0. The minimum absolute atomic E-state index is 1.14. The second kappa shape index (κ2) is 14.9. The van der Waals surface area contributed by atoms with Gasteiger partial charge in [-0.05, 0) is 32.1 Å². The quantitative estimate of drug-likeness (QED) is 0.405. The number of hydrogen-bond donors (Lipinski definition) is 0. The van der Waals surface area contributed by atoms with Crippen LogP contribution in [0, 0.1) is 0 Å². The average Bonchev–Trinajstić information content (AvgIpc) is 2.46. The molecule has 0 aromatic rings. The number of hydrogen-bond acceptors (Lipinski definition) is 0. The molecule has 0 saturated heterocycles. The van der Waals surface area contributed by atoms with E-state index < -0.39 is 0 Å². The van der Waals surface area contributed by atoms with Gasteiger partial charge < -0.3 is 0 Å². The van der Waals surface area contributed by atoms with Gasteiger partial charge in [-0.15, -0.1) is 0 Å². The van der Waals surface area contributed by atoms with E-state index in [1.807, 2.05) is 0 Å². The molecule has 1 rings (SSSR count). The standard InChI is InChI=1S/C20H36/c1-2-4-6-8-10-12-14-16-18-20-19-17-15-13-11-9-7-5-3-1/h1-2,5,7H,3-4,6,8-20H2/b2-1+,7-5+. The average molecular weight is 277 g/mol. The van der Waals surface area contributed by atoms with Crippen molar-refractivity contribution >= 4 is 0 Å². The van der Waals surface area contributed by atoms with E-state index in [0.717, 1.165) is 6.42 Å². The molecule has 1 aliphatic carbocycles. The highest BCUT2D eigenvalue weighted by Gasteiger charge is 1.94. The van der Waals surface area contributed by atoms with Crippen LogP contribution >= 0.6 is 0 Å². The Balaban J connectivity index is 2.11. The zero-order valence-corrected chi connectivity index (χ0v) is 13.6. The summed E-state index contributed by atoms with van der Waals surface area (Å²) >= 11 is 0. The third kappa shape index (κ3) is 12.5. The van der Waals surface area contributed by atoms with Gasteiger partial charge in [0.05, 0.1) is 0 Å². The molecule has 0 fully saturated rings. The summed E-state index contributed by atoms with van der Waals surface area (Å²) in [4.78, 5) is 0. The van der Waals surface area contributed by atoms with Gasteiger partial charge in [0.25, 0.3) is 0 Å². The second-order valence-electron chi connectivity index (χ2n) is 6.35. The molecule has 20 heavy (non-hydrogen) atoms. The van der Waals surface area contributed by atoms with E-state index in [4.69, 9.17) is 0 Å². The van der Waals surface area contributed by atoms with Crippen LogP contribution in [0.2, 0.25) is 0 Å². The molecule has 0 aliphatic heterocycles. The van der Waals surface area contributed by atoms with E-state index in [9.17, 15) is 0 Å². The molecule has 0 spiro atoms. The van der Waals surface area contributed by atoms with E-state index in [1.54, 1.807) is 0 Å². The summed E-state index contributed by atoms with van der Waals surface area (Å²) in [7, 11) is 0. The topological polar surface area (TPSA) is 0 Å². The lowest BCUT2D eigenvalue weighted by Crippen LogP contribution is -1.83. The van der Waals surface area contributed by atoms with Crippen LogP contribution < -0.4 is 0 Å². The Morgan fingerprint density at radius 2 is 0.600 bits per heavy atom. The van der Waals surface area contributed by atoms with Gasteiger partial charge in [-0.2, -0.15) is 0 Å². The van der Waals surface area contributed by atoms with Gasteiger partial charge in [-0.25, -0.2) is 0 Å². The first-order valence-electron chi connectivity index (χ1n) is 9.30. The third-order valence-electron chi connectivity index (χ3n) is 4.35. The first-order valence-corrected chi connectivity index (χ1v) is 9.30. The molecule has 0 atom stereocenters. The Kier molecular flexibility index (Phi) is 13.0. The monoisotopic (exact) mass is 276 g/mol. The summed E-state index contributed by atoms with van der Waals surface area (Å²) in [5.74, 6) is 0. The van der Waals surface area contributed by atoms with E-state index >= 15 is 0 Å². The molecule has 0 radical (unpaired) electrons. The Morgan fingerprint density at radius 1 is 0.300 bits per heavy atom. The molecular formula is C20H36. The predicted molar refractivity (Wildman–Crippen MR) is 92.2 cm³/mol. The molecule has 0 aromatic carbocycles. The van der Waals surface area contributed by atoms with E-state index in [-0.39, 0.29) is 0 Å². The SMILES string of the molecule is C1=C/CCCCCCCCCCCCCCC/C=C/C/1. The Morgan fingerprint density at radius 3 is 0.950 bits per heavy atom. The fourth-order valence-corrected chi connectivity index (χ4v) is 2.98. The third-order valence-corrected chi connectivity index (χ3v) is 4.35. The van der Waals surface area contributed by atoms with Crippen molar-refractivity contribution in [3.63, 3.8) is 0 Å². The first-order chi connectivity index (χ1) is 10.0. The molecule has 116 valence electrons. The molecule has 0 aromatic heterocycles. The van der Waals surface area contributed by atoms with Crippen molar-refractivity contribution in [3.8, 4) is 0 Å². The van der Waals surface area contributed by atoms with Crippen molar-refractivity contribution in [2.75, 3.05) is 0 Å². The molecule has 1 aliphatic rings. The van der Waals surface area contributed by atoms with E-state index in [0.29, 0.717) is 0 Å². The normalized spacial score (nSPS) is 25.6. The summed E-state index contributed by atoms with van der Waals surface area (Å²) in [5.41, 5.74) is 0. The van der Waals surface area contributed by atoms with Crippen LogP contribution in [0.3, 0.4) is 0 Å². The molecule has 0 heteroatoms. The van der Waals surface area contributed by atoms with Crippen LogP contribution in [0.4, 0.5) is 0 Å². The number of allylic oxidation sites excluding steroid dienone is 4. The molecule has 0 unspecified atom stereocenters. The van der Waals surface area contributed by atoms with Gasteiger partial charge in [0.2, 0.25) is 0 Å². The maximum Gasteiger partial charge on any atom is -0.0169 e. The zero-order valence-electron chi connectivity index (χ0n) is 13.6. The Bertz CT molecular complexity index is 212. The minimum Gasteiger partial charge on any atom is -0.0882 e. The van der Waals surface area contributed by atoms with Crippen LogP contribution in [0.5, 0.6) is 0 Å². The predicted octanol–water partition coefficient (Wildman–Crippen LogP) is 7.35. The van der Waals surface area contributed by atoms with E-state index in [2.05, 4.69) is 24.3 Å². The largest absolute Gasteiger partial charge is 0.0882 e. The molecule has 0 N–H and O–H groups in total. The van der Waals surface area contributed by atoms with Crippen molar-refractivity contribution in [2.24, 2.45) is 0 Å². The molecule has 0 saturated carbocycles. The molecular weight excluding hydrogens is 240 g/mol. The highest BCUT2D eigenvalue weighted by Crippen LogP contribution is 2.13. The molecule has 0 amide bonds. The summed E-state index contributed by atoms with van der Waals surface area (Å²) in [6.45, 7) is 0. The van der Waals surface area contributed by atoms with Gasteiger partial charge in [-0.1, -0.05) is 94.9 Å². The molecule has 0 nitrogen and oxygen atoms in total. The highest BCUT2D eigenvalue weighted by molar-refractivity contribution is 4.92. The highest BCUT2D eigenvalue weighted by atomic mass is 14.0. The lowest BCUT2D eigenvalue weighted by atomic mass is 10.0. The van der Waals surface area contributed by atoms with Crippen LogP contribution in [0.15, 0.2) is 24.3 Å². The van der Waals surface area contributed by atoms with Crippen molar-refractivity contribution < 1.29 is 0 Å². The van der Waals surface area contributed by atoms with Gasteiger partial charge in [0.15, 0.2) is 0 Å². The lowest BCUT2D eigenvalue weighted by Gasteiger charge is -2.03. The summed E-state index contributed by atoms with van der Waals surface area (Å²) in [6.07, 6.45) is 32.0. The summed E-state index contributed by atoms with van der Waals surface area (Å²) in [6, 6.07) is 0. The number of rotatable bonds is 0. The maximum atomic E-state index is 2.38. The van der Waals surface area contributed by atoms with Crippen molar-refractivity contribution in [1.29, 1.82) is 0 Å². The van der Waals surface area contributed by atoms with Crippen LogP contribution in [-0.2, 0) is 0 Å². The van der Waals surface area contributed by atoms with Crippen LogP contribution in [0.1, 0.15) is 103 Å². The summed E-state index contributed by atoms with van der Waals surface area (Å²) in [5, 5.41) is 0. The fourth-order valence-electron chi connectivity index (χ4n) is 2.98. The van der Waals surface area contributed by atoms with Crippen molar-refractivity contribution in [1.82, 2.24) is 0 Å². The molecule has 0 bridgehead atoms. The van der Waals surface area contributed by atoms with Crippen molar-refractivity contribution in [2.45, 2.75) is 103 Å². The van der Waals surface area contributed by atoms with E-state index in [1.165, 1.54) is 96.3 Å². The minimum atomic E-state index is 1.14. The Labute approximate surface area is 127 Å². The van der Waals surface area contributed by atoms with Crippen LogP contribution in [-0.4, -0.2) is 0 Å². The second-order valence-corrected chi connectivity index (χ2v) is 6.35. The Hall–Kier alpha value is -0.520. The van der Waals surface area contributed by atoms with Gasteiger partial charge in [0, 0.05) is 0 Å². The van der Waals surface area contributed by atoms with Gasteiger partial charge >= 0.3 is 0 Å². The van der Waals surface area contributed by atoms with Gasteiger partial charge in [-0.3, -0.25) is 0 Å². The lowest BCUT2D eigenvalue weighted by molar-refractivity contribution is 0.537. The fraction of sp³-hybridized carbons (Fsp3) is 0.800. The molecule has 0 heterocycles. The van der Waals surface area contributed by atoms with Crippen molar-refractivity contribution in [3.05, 3.63) is 24.3 Å². The van der Waals surface area contributed by atoms with Crippen LogP contribution in [0.25, 0.3) is 0 Å². The zero-order chi connectivity index (χ0) is 14.1. The van der Waals surface area contributed by atoms with Gasteiger partial charge in [0.1, 0.15) is 0 Å². The first kappa shape index (κ1) is 17.5. The maximum absolute atomic E-state index is 2.38. The smallest absolute Gasteiger partial charge is 0.0169 e.